The fraction of sp³-hybridized carbons (Fsp3) is 0.333. The first-order valence-corrected chi connectivity index (χ1v) is 9.64. The van der Waals surface area contributed by atoms with Crippen LogP contribution in [0, 0.1) is 11.7 Å². The summed E-state index contributed by atoms with van der Waals surface area (Å²) in [7, 11) is 0. The van der Waals surface area contributed by atoms with Gasteiger partial charge in [-0.1, -0.05) is 35.5 Å². The molecule has 3 heterocycles. The number of halogens is 1. The second-order valence-electron chi connectivity index (χ2n) is 7.23. The normalized spacial score (nSPS) is 16.0. The number of nitrogens with two attached hydrogens (primary N) is 1. The number of carbonyl (C=O) groups excluding carboxylic acids is 1. The molecular weight excluding hydrogens is 373 g/mol. The van der Waals surface area contributed by atoms with Gasteiger partial charge in [0.1, 0.15) is 17.6 Å². The minimum Gasteiger partial charge on any atom is -0.341 e. The molecule has 1 aliphatic rings. The lowest BCUT2D eigenvalue weighted by Crippen LogP contribution is -2.43. The third-order valence-corrected chi connectivity index (χ3v) is 5.24. The molecule has 1 saturated heterocycles. The number of piperidine rings is 1. The first-order valence-electron chi connectivity index (χ1n) is 9.64. The van der Waals surface area contributed by atoms with Gasteiger partial charge in [0.05, 0.1) is 6.20 Å². The van der Waals surface area contributed by atoms with Gasteiger partial charge in [-0.05, 0) is 36.5 Å². The molecule has 0 unspecified atom stereocenters. The van der Waals surface area contributed by atoms with E-state index in [0.29, 0.717) is 42.8 Å². The van der Waals surface area contributed by atoms with E-state index in [1.54, 1.807) is 0 Å². The predicted molar refractivity (Wildman–Crippen MR) is 104 cm³/mol. The summed E-state index contributed by atoms with van der Waals surface area (Å²) in [6.45, 7) is 1.31. The molecule has 150 valence electrons. The first-order chi connectivity index (χ1) is 14.1. The summed E-state index contributed by atoms with van der Waals surface area (Å²) in [5, 5.41) is 3.93. The van der Waals surface area contributed by atoms with Crippen molar-refractivity contribution in [1.29, 1.82) is 0 Å². The van der Waals surface area contributed by atoms with Crippen molar-refractivity contribution in [3.8, 4) is 11.5 Å². The van der Waals surface area contributed by atoms with Gasteiger partial charge < -0.3 is 15.2 Å². The van der Waals surface area contributed by atoms with E-state index in [2.05, 4.69) is 15.1 Å². The Bertz CT molecular complexity index is 953. The van der Waals surface area contributed by atoms with Crippen LogP contribution in [0.5, 0.6) is 0 Å². The van der Waals surface area contributed by atoms with Crippen molar-refractivity contribution < 1.29 is 13.7 Å². The van der Waals surface area contributed by atoms with Crippen LogP contribution in [-0.2, 0) is 11.2 Å². The Morgan fingerprint density at radius 3 is 2.66 bits per heavy atom. The van der Waals surface area contributed by atoms with Crippen molar-refractivity contribution >= 4 is 5.91 Å². The molecule has 1 fully saturated rings. The lowest BCUT2D eigenvalue weighted by Gasteiger charge is -2.33. The number of carbonyl (C=O) groups is 1. The largest absolute Gasteiger partial charge is 0.341 e. The van der Waals surface area contributed by atoms with Crippen LogP contribution in [0.1, 0.15) is 30.3 Å². The van der Waals surface area contributed by atoms with Crippen LogP contribution in [-0.4, -0.2) is 39.0 Å². The molecule has 29 heavy (non-hydrogen) atoms. The second kappa shape index (κ2) is 8.48. The number of rotatable bonds is 5. The Balaban J connectivity index is 1.31. The Hall–Kier alpha value is -3.13. The van der Waals surface area contributed by atoms with Crippen molar-refractivity contribution in [1.82, 2.24) is 20.0 Å². The Morgan fingerprint density at radius 1 is 1.21 bits per heavy atom. The summed E-state index contributed by atoms with van der Waals surface area (Å²) >= 11 is 0. The minimum atomic E-state index is -0.630. The zero-order valence-corrected chi connectivity index (χ0v) is 15.9. The van der Waals surface area contributed by atoms with Crippen molar-refractivity contribution in [3.63, 3.8) is 0 Å². The highest BCUT2D eigenvalue weighted by atomic mass is 19.1. The highest BCUT2D eigenvalue weighted by Gasteiger charge is 2.28. The number of pyridine rings is 1. The molecule has 3 aromatic rings. The number of nitrogens with zero attached hydrogens (tertiary/aromatic N) is 4. The van der Waals surface area contributed by atoms with Crippen LogP contribution >= 0.6 is 0 Å². The molecule has 0 aliphatic carbocycles. The molecule has 1 aliphatic heterocycles. The number of hydrogen-bond donors (Lipinski definition) is 1. The van der Waals surface area contributed by atoms with E-state index in [4.69, 9.17) is 10.3 Å². The third kappa shape index (κ3) is 4.48. The van der Waals surface area contributed by atoms with Crippen LogP contribution in [0.3, 0.4) is 0 Å². The number of likely N-dealkylation sites (tertiary alicyclic amines) is 1. The predicted octanol–water partition coefficient (Wildman–Crippen LogP) is 2.75. The van der Waals surface area contributed by atoms with Crippen LogP contribution < -0.4 is 5.73 Å². The molecular formula is C21H22FN5O2. The molecule has 0 bridgehead atoms. The molecule has 4 rings (SSSR count). The third-order valence-electron chi connectivity index (χ3n) is 5.24. The molecule has 7 nitrogen and oxygen atoms in total. The Kier molecular flexibility index (Phi) is 5.62. The Morgan fingerprint density at radius 2 is 1.97 bits per heavy atom. The molecule has 0 saturated carbocycles. The zero-order valence-electron chi connectivity index (χ0n) is 15.9. The van der Waals surface area contributed by atoms with E-state index in [1.807, 2.05) is 35.2 Å². The van der Waals surface area contributed by atoms with Gasteiger partial charge in [-0.15, -0.1) is 0 Å². The maximum atomic E-state index is 13.0. The highest BCUT2D eigenvalue weighted by Crippen LogP contribution is 2.24. The highest BCUT2D eigenvalue weighted by molar-refractivity contribution is 5.83. The van der Waals surface area contributed by atoms with Crippen molar-refractivity contribution in [2.24, 2.45) is 11.7 Å². The number of amides is 1. The van der Waals surface area contributed by atoms with E-state index < -0.39 is 11.9 Å². The Labute approximate surface area is 167 Å². The molecule has 0 radical (unpaired) electrons. The average molecular weight is 395 g/mol. The van der Waals surface area contributed by atoms with Gasteiger partial charge in [0, 0.05) is 19.5 Å². The lowest BCUT2D eigenvalue weighted by molar-refractivity contribution is -0.134. The van der Waals surface area contributed by atoms with E-state index in [-0.39, 0.29) is 5.91 Å². The maximum absolute atomic E-state index is 13.0. The van der Waals surface area contributed by atoms with Gasteiger partial charge in [-0.3, -0.25) is 4.79 Å². The lowest BCUT2D eigenvalue weighted by atomic mass is 9.93. The second-order valence-corrected chi connectivity index (χ2v) is 7.23. The van der Waals surface area contributed by atoms with Crippen molar-refractivity contribution in [2.45, 2.75) is 25.3 Å². The summed E-state index contributed by atoms with van der Waals surface area (Å²) in [4.78, 5) is 22.8. The van der Waals surface area contributed by atoms with Gasteiger partial charge in [0.25, 0.3) is 0 Å². The van der Waals surface area contributed by atoms with Crippen LogP contribution in [0.25, 0.3) is 11.5 Å². The first kappa shape index (κ1) is 19.2. The fourth-order valence-electron chi connectivity index (χ4n) is 3.55. The van der Waals surface area contributed by atoms with Gasteiger partial charge in [0.15, 0.2) is 0 Å². The van der Waals surface area contributed by atoms with Crippen molar-refractivity contribution in [2.75, 3.05) is 13.1 Å². The summed E-state index contributed by atoms with van der Waals surface area (Å²) in [6, 6.07) is 11.6. The fourth-order valence-corrected chi connectivity index (χ4v) is 3.55. The molecule has 1 amide bonds. The molecule has 2 aromatic heterocycles. The average Bonchev–Trinajstić information content (AvgIpc) is 3.23. The van der Waals surface area contributed by atoms with Gasteiger partial charge in [-0.25, -0.2) is 9.37 Å². The number of aromatic nitrogens is 3. The van der Waals surface area contributed by atoms with Crippen LogP contribution in [0.2, 0.25) is 0 Å². The van der Waals surface area contributed by atoms with Gasteiger partial charge >= 0.3 is 0 Å². The molecule has 2 N–H and O–H groups in total. The van der Waals surface area contributed by atoms with E-state index in [1.165, 1.54) is 12.1 Å². The molecule has 1 aromatic carbocycles. The van der Waals surface area contributed by atoms with Crippen molar-refractivity contribution in [3.05, 3.63) is 65.9 Å². The van der Waals surface area contributed by atoms with E-state index >= 15 is 0 Å². The topological polar surface area (TPSA) is 98.1 Å². The minimum absolute atomic E-state index is 0.0443. The molecule has 8 heteroatoms. The van der Waals surface area contributed by atoms with Crippen LogP contribution in [0.15, 0.2) is 53.2 Å². The molecule has 1 atom stereocenters. The van der Waals surface area contributed by atoms with Gasteiger partial charge in [-0.2, -0.15) is 4.98 Å². The molecule has 0 spiro atoms. The smallest absolute Gasteiger partial charge is 0.244 e. The number of benzene rings is 1. The zero-order chi connectivity index (χ0) is 20.2. The monoisotopic (exact) mass is 395 g/mol. The summed E-state index contributed by atoms with van der Waals surface area (Å²) in [6.07, 6.45) is 3.46. The number of hydrogen-bond acceptors (Lipinski definition) is 6. The van der Waals surface area contributed by atoms with E-state index in [9.17, 15) is 9.18 Å². The standard InChI is InChI=1S/C21H22FN5O2/c22-16-6-7-17(24-13-16)20-25-18(29-26-20)12-14-8-10-27(11-9-14)21(28)19(23)15-4-2-1-3-5-15/h1-7,13-14,19H,8-12,23H2/t19-/m0/s1. The summed E-state index contributed by atoms with van der Waals surface area (Å²) in [5.41, 5.74) is 7.44. The SMILES string of the molecule is N[C@H](C(=O)N1CCC(Cc2nc(-c3ccc(F)cn3)no2)CC1)c1ccccc1. The maximum Gasteiger partial charge on any atom is 0.244 e. The van der Waals surface area contributed by atoms with E-state index in [0.717, 1.165) is 24.6 Å². The summed E-state index contributed by atoms with van der Waals surface area (Å²) < 4.78 is 18.3. The van der Waals surface area contributed by atoms with Gasteiger partial charge in [0.2, 0.25) is 17.6 Å². The quantitative estimate of drug-likeness (QED) is 0.713. The summed E-state index contributed by atoms with van der Waals surface area (Å²) in [5.74, 6) is 0.766. The van der Waals surface area contributed by atoms with Crippen LogP contribution in [0.4, 0.5) is 4.39 Å².